The van der Waals surface area contributed by atoms with Gasteiger partial charge in [0.25, 0.3) is 0 Å². The Morgan fingerprint density at radius 1 is 1.05 bits per heavy atom. The van der Waals surface area contributed by atoms with Crippen molar-refractivity contribution in [3.8, 4) is 5.75 Å². The molecule has 0 N–H and O–H groups in total. The minimum absolute atomic E-state index is 0.489. The number of rotatable bonds is 5. The monoisotopic (exact) mass is 340 g/mol. The topological polar surface area (TPSA) is 18.5 Å². The molecule has 0 spiro atoms. The van der Waals surface area contributed by atoms with Crippen LogP contribution in [0.2, 0.25) is 5.02 Å². The molecule has 2 nitrogen and oxygen atoms in total. The molecule has 0 atom stereocenters. The summed E-state index contributed by atoms with van der Waals surface area (Å²) >= 11 is 9.57. The molecule has 0 unspecified atom stereocenters. The maximum Gasteiger partial charge on any atom is 0.119 e. The number of methoxy groups -OCH3 is 1. The standard InChI is InChI=1S/C15H14BrClO2/c1-18-13-6-7-14(16)12(8-13)10-19-9-11-4-2-3-5-15(11)17/h2-8H,9-10H2,1H3. The van der Waals surface area contributed by atoms with Gasteiger partial charge in [-0.3, -0.25) is 0 Å². The molecule has 2 rings (SSSR count). The van der Waals surface area contributed by atoms with Crippen molar-refractivity contribution < 1.29 is 9.47 Å². The SMILES string of the molecule is COc1ccc(Br)c(COCc2ccccc2Cl)c1. The third-order valence-corrected chi connectivity index (χ3v) is 3.87. The Kier molecular flexibility index (Phi) is 5.25. The smallest absolute Gasteiger partial charge is 0.119 e. The van der Waals surface area contributed by atoms with Crippen molar-refractivity contribution in [2.24, 2.45) is 0 Å². The first-order valence-corrected chi connectivity index (χ1v) is 7.01. The molecular weight excluding hydrogens is 328 g/mol. The summed E-state index contributed by atoms with van der Waals surface area (Å²) in [6.45, 7) is 0.992. The molecule has 2 aromatic carbocycles. The first-order chi connectivity index (χ1) is 9.20. The Balaban J connectivity index is 1.98. The Hall–Kier alpha value is -1.03. The summed E-state index contributed by atoms with van der Waals surface area (Å²) in [5.74, 6) is 0.819. The van der Waals surface area contributed by atoms with E-state index in [9.17, 15) is 0 Å². The van der Waals surface area contributed by atoms with Crippen LogP contribution in [0, 0.1) is 0 Å². The van der Waals surface area contributed by atoms with E-state index in [1.54, 1.807) is 7.11 Å². The maximum atomic E-state index is 6.08. The van der Waals surface area contributed by atoms with Crippen LogP contribution in [0.4, 0.5) is 0 Å². The zero-order chi connectivity index (χ0) is 13.7. The molecule has 0 radical (unpaired) electrons. The minimum atomic E-state index is 0.489. The molecule has 4 heteroatoms. The lowest BCUT2D eigenvalue weighted by Crippen LogP contribution is -1.96. The van der Waals surface area contributed by atoms with E-state index in [-0.39, 0.29) is 0 Å². The molecule has 2 aromatic rings. The van der Waals surface area contributed by atoms with Gasteiger partial charge in [0.2, 0.25) is 0 Å². The summed E-state index contributed by atoms with van der Waals surface area (Å²) in [5.41, 5.74) is 2.04. The van der Waals surface area contributed by atoms with Gasteiger partial charge in [-0.1, -0.05) is 45.7 Å². The zero-order valence-corrected chi connectivity index (χ0v) is 12.9. The highest BCUT2D eigenvalue weighted by molar-refractivity contribution is 9.10. The first-order valence-electron chi connectivity index (χ1n) is 5.84. The average molecular weight is 342 g/mol. The van der Waals surface area contributed by atoms with Gasteiger partial charge in [-0.15, -0.1) is 0 Å². The van der Waals surface area contributed by atoms with Gasteiger partial charge in [0.15, 0.2) is 0 Å². The fraction of sp³-hybridized carbons (Fsp3) is 0.200. The Bertz CT molecular complexity index is 558. The van der Waals surface area contributed by atoms with E-state index in [2.05, 4.69) is 15.9 Å². The predicted molar refractivity (Wildman–Crippen MR) is 80.6 cm³/mol. The van der Waals surface area contributed by atoms with E-state index in [1.807, 2.05) is 42.5 Å². The van der Waals surface area contributed by atoms with Crippen LogP contribution in [0.15, 0.2) is 46.9 Å². The molecule has 0 bridgehead atoms. The van der Waals surface area contributed by atoms with Crippen molar-refractivity contribution in [1.82, 2.24) is 0 Å². The number of benzene rings is 2. The minimum Gasteiger partial charge on any atom is -0.497 e. The second-order valence-electron chi connectivity index (χ2n) is 4.04. The van der Waals surface area contributed by atoms with Crippen LogP contribution in [0.25, 0.3) is 0 Å². The highest BCUT2D eigenvalue weighted by atomic mass is 79.9. The van der Waals surface area contributed by atoms with Crippen LogP contribution in [-0.2, 0) is 18.0 Å². The van der Waals surface area contributed by atoms with Crippen LogP contribution in [0.3, 0.4) is 0 Å². The van der Waals surface area contributed by atoms with Gasteiger partial charge >= 0.3 is 0 Å². The normalized spacial score (nSPS) is 10.5. The van der Waals surface area contributed by atoms with Crippen LogP contribution >= 0.6 is 27.5 Å². The van der Waals surface area contributed by atoms with Gasteiger partial charge in [-0.25, -0.2) is 0 Å². The van der Waals surface area contributed by atoms with Gasteiger partial charge in [-0.2, -0.15) is 0 Å². The summed E-state index contributed by atoms with van der Waals surface area (Å²) in [6.07, 6.45) is 0. The van der Waals surface area contributed by atoms with E-state index in [0.717, 1.165) is 26.4 Å². The number of ether oxygens (including phenoxy) is 2. The Morgan fingerprint density at radius 2 is 1.79 bits per heavy atom. The summed E-state index contributed by atoms with van der Waals surface area (Å²) in [5, 5.41) is 0.729. The molecule has 100 valence electrons. The van der Waals surface area contributed by atoms with Crippen LogP contribution in [0.5, 0.6) is 5.75 Å². The Morgan fingerprint density at radius 3 is 2.53 bits per heavy atom. The van der Waals surface area contributed by atoms with Crippen LogP contribution in [0.1, 0.15) is 11.1 Å². The van der Waals surface area contributed by atoms with Crippen LogP contribution in [-0.4, -0.2) is 7.11 Å². The first kappa shape index (κ1) is 14.4. The molecular formula is C15H14BrClO2. The van der Waals surface area contributed by atoms with E-state index >= 15 is 0 Å². The summed E-state index contributed by atoms with van der Waals surface area (Å²) in [4.78, 5) is 0. The summed E-state index contributed by atoms with van der Waals surface area (Å²) in [6, 6.07) is 13.5. The lowest BCUT2D eigenvalue weighted by Gasteiger charge is -2.09. The largest absolute Gasteiger partial charge is 0.497 e. The maximum absolute atomic E-state index is 6.08. The van der Waals surface area contributed by atoms with Gasteiger partial charge in [-0.05, 0) is 35.4 Å². The van der Waals surface area contributed by atoms with E-state index in [4.69, 9.17) is 21.1 Å². The lowest BCUT2D eigenvalue weighted by molar-refractivity contribution is 0.106. The molecule has 0 fully saturated rings. The average Bonchev–Trinajstić information content (AvgIpc) is 2.43. The highest BCUT2D eigenvalue weighted by Gasteiger charge is 2.04. The molecule has 0 aromatic heterocycles. The quantitative estimate of drug-likeness (QED) is 0.775. The lowest BCUT2D eigenvalue weighted by atomic mass is 10.2. The van der Waals surface area contributed by atoms with Gasteiger partial charge in [0.1, 0.15) is 5.75 Å². The molecule has 0 amide bonds. The Labute approximate surface area is 126 Å². The highest BCUT2D eigenvalue weighted by Crippen LogP contribution is 2.24. The summed E-state index contributed by atoms with van der Waals surface area (Å²) < 4.78 is 11.9. The van der Waals surface area contributed by atoms with E-state index < -0.39 is 0 Å². The molecule has 0 aliphatic rings. The second-order valence-corrected chi connectivity index (χ2v) is 5.30. The van der Waals surface area contributed by atoms with Crippen molar-refractivity contribution in [1.29, 1.82) is 0 Å². The van der Waals surface area contributed by atoms with Crippen molar-refractivity contribution in [2.75, 3.05) is 7.11 Å². The van der Waals surface area contributed by atoms with Crippen molar-refractivity contribution >= 4 is 27.5 Å². The predicted octanol–water partition coefficient (Wildman–Crippen LogP) is 4.83. The third kappa shape index (κ3) is 3.96. The molecule has 0 saturated heterocycles. The van der Waals surface area contributed by atoms with E-state index in [1.165, 1.54) is 0 Å². The molecule has 0 aliphatic carbocycles. The van der Waals surface area contributed by atoms with E-state index in [0.29, 0.717) is 13.2 Å². The van der Waals surface area contributed by atoms with Crippen LogP contribution < -0.4 is 4.74 Å². The zero-order valence-electron chi connectivity index (χ0n) is 10.5. The fourth-order valence-corrected chi connectivity index (χ4v) is 2.23. The van der Waals surface area contributed by atoms with Crippen molar-refractivity contribution in [2.45, 2.75) is 13.2 Å². The second kappa shape index (κ2) is 6.94. The number of hydrogen-bond donors (Lipinski definition) is 0. The molecule has 0 aliphatic heterocycles. The molecule has 0 saturated carbocycles. The molecule has 19 heavy (non-hydrogen) atoms. The van der Waals surface area contributed by atoms with Crippen molar-refractivity contribution in [3.05, 3.63) is 63.1 Å². The van der Waals surface area contributed by atoms with Gasteiger partial charge in [0, 0.05) is 9.50 Å². The van der Waals surface area contributed by atoms with Gasteiger partial charge < -0.3 is 9.47 Å². The fourth-order valence-electron chi connectivity index (χ4n) is 1.68. The summed E-state index contributed by atoms with van der Waals surface area (Å²) in [7, 11) is 1.65. The number of hydrogen-bond acceptors (Lipinski definition) is 2. The number of halogens is 2. The molecule has 0 heterocycles. The van der Waals surface area contributed by atoms with Crippen molar-refractivity contribution in [3.63, 3.8) is 0 Å². The van der Waals surface area contributed by atoms with Gasteiger partial charge in [0.05, 0.1) is 20.3 Å². The third-order valence-electron chi connectivity index (χ3n) is 2.73.